The Morgan fingerprint density at radius 2 is 1.90 bits per heavy atom. The Kier molecular flexibility index (Phi) is 5.09. The summed E-state index contributed by atoms with van der Waals surface area (Å²) in [5.41, 5.74) is 5.59. The van der Waals surface area contributed by atoms with Gasteiger partial charge >= 0.3 is 0 Å². The lowest BCUT2D eigenvalue weighted by atomic mass is 10.2. The maximum Gasteiger partial charge on any atom is 0.191 e. The van der Waals surface area contributed by atoms with E-state index in [0.717, 1.165) is 16.8 Å². The third-order valence-corrected chi connectivity index (χ3v) is 3.30. The van der Waals surface area contributed by atoms with E-state index in [9.17, 15) is 0 Å². The Morgan fingerprint density at radius 3 is 2.65 bits per heavy atom. The molecule has 0 saturated carbocycles. The number of hydrazone groups is 1. The fourth-order valence-corrected chi connectivity index (χ4v) is 1.93. The molecule has 0 aliphatic heterocycles. The van der Waals surface area contributed by atoms with Crippen LogP contribution in [0.2, 0.25) is 5.02 Å². The molecule has 0 aromatic heterocycles. The van der Waals surface area contributed by atoms with Crippen LogP contribution in [0.4, 0.5) is 5.69 Å². The first-order valence-corrected chi connectivity index (χ1v) is 6.85. The number of nitrogens with zero attached hydrogens (tertiary/aromatic N) is 1. The summed E-state index contributed by atoms with van der Waals surface area (Å²) in [6.07, 6.45) is 1.71. The standard InChI is InChI=1S/C15H14ClN3S/c1-11-13(16)8-5-9-14(11)18-15(20)19-17-10-12-6-3-2-4-7-12/h2-10H,1H3,(H2,18,19,20)/b17-10-. The molecule has 0 atom stereocenters. The topological polar surface area (TPSA) is 36.4 Å². The van der Waals surface area contributed by atoms with E-state index in [0.29, 0.717) is 10.1 Å². The number of hydrogen-bond donors (Lipinski definition) is 2. The number of nitrogens with one attached hydrogen (secondary N) is 2. The molecule has 2 N–H and O–H groups in total. The van der Waals surface area contributed by atoms with E-state index in [1.54, 1.807) is 6.21 Å². The van der Waals surface area contributed by atoms with E-state index in [1.165, 1.54) is 0 Å². The summed E-state index contributed by atoms with van der Waals surface area (Å²) in [4.78, 5) is 0. The zero-order valence-corrected chi connectivity index (χ0v) is 12.5. The highest BCUT2D eigenvalue weighted by molar-refractivity contribution is 7.80. The minimum atomic E-state index is 0.419. The van der Waals surface area contributed by atoms with E-state index in [4.69, 9.17) is 23.8 Å². The second-order valence-electron chi connectivity index (χ2n) is 4.15. The molecule has 0 fully saturated rings. The van der Waals surface area contributed by atoms with Gasteiger partial charge in [-0.05, 0) is 42.4 Å². The Balaban J connectivity index is 1.93. The molecular weight excluding hydrogens is 290 g/mol. The van der Waals surface area contributed by atoms with Gasteiger partial charge in [0.15, 0.2) is 5.11 Å². The van der Waals surface area contributed by atoms with Gasteiger partial charge in [0, 0.05) is 10.7 Å². The van der Waals surface area contributed by atoms with Crippen LogP contribution in [0.3, 0.4) is 0 Å². The number of anilines is 1. The van der Waals surface area contributed by atoms with Gasteiger partial charge in [-0.25, -0.2) is 0 Å². The second-order valence-corrected chi connectivity index (χ2v) is 4.96. The van der Waals surface area contributed by atoms with Gasteiger partial charge in [0.1, 0.15) is 0 Å². The number of hydrogen-bond acceptors (Lipinski definition) is 2. The molecule has 0 aliphatic carbocycles. The maximum atomic E-state index is 6.05. The van der Waals surface area contributed by atoms with E-state index in [1.807, 2.05) is 55.5 Å². The molecular formula is C15H14ClN3S. The van der Waals surface area contributed by atoms with Gasteiger partial charge in [-0.2, -0.15) is 5.10 Å². The van der Waals surface area contributed by atoms with Crippen molar-refractivity contribution in [2.75, 3.05) is 5.32 Å². The predicted octanol–water partition coefficient (Wildman–Crippen LogP) is 3.97. The Morgan fingerprint density at radius 1 is 1.15 bits per heavy atom. The summed E-state index contributed by atoms with van der Waals surface area (Å²) in [5, 5.41) is 8.26. The van der Waals surface area contributed by atoms with Crippen LogP contribution in [0.1, 0.15) is 11.1 Å². The highest BCUT2D eigenvalue weighted by atomic mass is 35.5. The third-order valence-electron chi connectivity index (χ3n) is 2.70. The summed E-state index contributed by atoms with van der Waals surface area (Å²) in [6, 6.07) is 15.4. The third kappa shape index (κ3) is 4.05. The van der Waals surface area contributed by atoms with Gasteiger partial charge in [-0.15, -0.1) is 0 Å². The van der Waals surface area contributed by atoms with Crippen LogP contribution >= 0.6 is 23.8 Å². The van der Waals surface area contributed by atoms with Gasteiger partial charge in [-0.1, -0.05) is 48.0 Å². The van der Waals surface area contributed by atoms with E-state index in [-0.39, 0.29) is 0 Å². The maximum absolute atomic E-state index is 6.05. The normalized spacial score (nSPS) is 10.5. The fraction of sp³-hybridized carbons (Fsp3) is 0.0667. The molecule has 0 amide bonds. The first kappa shape index (κ1) is 14.5. The number of rotatable bonds is 3. The molecule has 102 valence electrons. The first-order valence-electron chi connectivity index (χ1n) is 6.07. The van der Waals surface area contributed by atoms with Crippen LogP contribution < -0.4 is 10.7 Å². The fourth-order valence-electron chi connectivity index (χ4n) is 1.60. The SMILES string of the molecule is Cc1c(Cl)cccc1NC(=S)N/N=C\c1ccccc1. The van der Waals surface area contributed by atoms with E-state index in [2.05, 4.69) is 15.8 Å². The minimum absolute atomic E-state index is 0.419. The van der Waals surface area contributed by atoms with Gasteiger partial charge < -0.3 is 5.32 Å². The zero-order valence-electron chi connectivity index (χ0n) is 10.9. The van der Waals surface area contributed by atoms with Gasteiger partial charge in [-0.3, -0.25) is 5.43 Å². The van der Waals surface area contributed by atoms with E-state index < -0.39 is 0 Å². The molecule has 0 unspecified atom stereocenters. The molecule has 2 rings (SSSR count). The molecule has 0 spiro atoms. The van der Waals surface area contributed by atoms with Gasteiger partial charge in [0.05, 0.1) is 6.21 Å². The molecule has 5 heteroatoms. The number of thiocarbonyl (C=S) groups is 1. The smallest absolute Gasteiger partial charge is 0.191 e. The lowest BCUT2D eigenvalue weighted by molar-refractivity contribution is 1.05. The van der Waals surface area contributed by atoms with E-state index >= 15 is 0 Å². The average Bonchev–Trinajstić information content (AvgIpc) is 2.45. The largest absolute Gasteiger partial charge is 0.331 e. The molecule has 20 heavy (non-hydrogen) atoms. The first-order chi connectivity index (χ1) is 9.66. The van der Waals surface area contributed by atoms with Crippen molar-refractivity contribution in [3.8, 4) is 0 Å². The molecule has 2 aromatic rings. The van der Waals surface area contributed by atoms with Crippen molar-refractivity contribution in [3.63, 3.8) is 0 Å². The second kappa shape index (κ2) is 7.03. The van der Waals surface area contributed by atoms with Crippen LogP contribution in [-0.4, -0.2) is 11.3 Å². The lowest BCUT2D eigenvalue weighted by Crippen LogP contribution is -2.24. The van der Waals surface area contributed by atoms with Crippen molar-refractivity contribution in [2.24, 2.45) is 5.10 Å². The molecule has 0 saturated heterocycles. The summed E-state index contributed by atoms with van der Waals surface area (Å²) in [5.74, 6) is 0. The van der Waals surface area contributed by atoms with Crippen LogP contribution in [0, 0.1) is 6.92 Å². The zero-order chi connectivity index (χ0) is 14.4. The van der Waals surface area contributed by atoms with Crippen LogP contribution in [0.25, 0.3) is 0 Å². The summed E-state index contributed by atoms with van der Waals surface area (Å²) < 4.78 is 0. The number of benzene rings is 2. The van der Waals surface area contributed by atoms with Crippen molar-refractivity contribution < 1.29 is 0 Å². The van der Waals surface area contributed by atoms with Crippen LogP contribution in [-0.2, 0) is 0 Å². The molecule has 0 radical (unpaired) electrons. The predicted molar refractivity (Wildman–Crippen MR) is 89.6 cm³/mol. The molecule has 0 heterocycles. The lowest BCUT2D eigenvalue weighted by Gasteiger charge is -2.10. The van der Waals surface area contributed by atoms with Crippen molar-refractivity contribution >= 4 is 40.8 Å². The van der Waals surface area contributed by atoms with Crippen molar-refractivity contribution in [1.29, 1.82) is 0 Å². The monoisotopic (exact) mass is 303 g/mol. The summed E-state index contributed by atoms with van der Waals surface area (Å²) >= 11 is 11.2. The highest BCUT2D eigenvalue weighted by Crippen LogP contribution is 2.22. The Labute approximate surface area is 128 Å². The van der Waals surface area contributed by atoms with Crippen LogP contribution in [0.15, 0.2) is 53.6 Å². The Bertz CT molecular complexity index is 626. The quantitative estimate of drug-likeness (QED) is 0.512. The van der Waals surface area contributed by atoms with Crippen LogP contribution in [0.5, 0.6) is 0 Å². The summed E-state index contributed by atoms with van der Waals surface area (Å²) in [7, 11) is 0. The highest BCUT2D eigenvalue weighted by Gasteiger charge is 2.02. The van der Waals surface area contributed by atoms with Gasteiger partial charge in [0.2, 0.25) is 0 Å². The van der Waals surface area contributed by atoms with Crippen molar-refractivity contribution in [2.45, 2.75) is 6.92 Å². The summed E-state index contributed by atoms with van der Waals surface area (Å²) in [6.45, 7) is 1.93. The van der Waals surface area contributed by atoms with Gasteiger partial charge in [0.25, 0.3) is 0 Å². The number of halogens is 1. The minimum Gasteiger partial charge on any atom is -0.331 e. The van der Waals surface area contributed by atoms with Crippen molar-refractivity contribution in [1.82, 2.24) is 5.43 Å². The van der Waals surface area contributed by atoms with Crippen molar-refractivity contribution in [3.05, 3.63) is 64.7 Å². The molecule has 3 nitrogen and oxygen atoms in total. The molecule has 0 aliphatic rings. The molecule has 0 bridgehead atoms. The Hall–Kier alpha value is -1.91. The average molecular weight is 304 g/mol. The molecule has 2 aromatic carbocycles.